The van der Waals surface area contributed by atoms with E-state index in [-0.39, 0.29) is 18.8 Å². The summed E-state index contributed by atoms with van der Waals surface area (Å²) in [6.45, 7) is 0.870. The molecule has 118 valence electrons. The number of halogens is 1. The molecule has 0 aliphatic carbocycles. The van der Waals surface area contributed by atoms with Crippen LogP contribution in [0.15, 0.2) is 30.6 Å². The van der Waals surface area contributed by atoms with Crippen molar-refractivity contribution in [3.63, 3.8) is 0 Å². The van der Waals surface area contributed by atoms with Crippen molar-refractivity contribution in [3.05, 3.63) is 36.4 Å². The fourth-order valence-corrected chi connectivity index (χ4v) is 2.51. The second-order valence-electron chi connectivity index (χ2n) is 5.22. The number of nitrogens with zero attached hydrogens (tertiary/aromatic N) is 2. The lowest BCUT2D eigenvalue weighted by atomic mass is 10.1. The lowest BCUT2D eigenvalue weighted by Gasteiger charge is -2.22. The molecule has 1 atom stereocenters. The summed E-state index contributed by atoms with van der Waals surface area (Å²) in [5.74, 6) is 0.244. The molecule has 1 aliphatic heterocycles. The summed E-state index contributed by atoms with van der Waals surface area (Å²) in [5, 5.41) is 4.31. The third-order valence-corrected chi connectivity index (χ3v) is 3.64. The van der Waals surface area contributed by atoms with E-state index < -0.39 is 0 Å². The van der Waals surface area contributed by atoms with Gasteiger partial charge in [0.2, 0.25) is 0 Å². The molecule has 0 N–H and O–H groups in total. The van der Waals surface area contributed by atoms with Crippen LogP contribution in [0.5, 0.6) is 5.75 Å². The van der Waals surface area contributed by atoms with Gasteiger partial charge in [0.05, 0.1) is 6.20 Å². The highest BCUT2D eigenvalue weighted by Gasteiger charge is 2.18. The number of benzene rings is 1. The number of methoxy groups -OCH3 is 1. The van der Waals surface area contributed by atoms with Crippen LogP contribution in [-0.4, -0.2) is 30.3 Å². The van der Waals surface area contributed by atoms with Crippen molar-refractivity contribution in [3.8, 4) is 16.9 Å². The fraction of sp³-hybridized carbons (Fsp3) is 0.438. The molecular weight excluding hydrogens is 287 g/mol. The Morgan fingerprint density at radius 3 is 3.09 bits per heavy atom. The third kappa shape index (κ3) is 3.28. The van der Waals surface area contributed by atoms with Crippen molar-refractivity contribution in [2.45, 2.75) is 25.5 Å². The molecule has 6 heteroatoms. The van der Waals surface area contributed by atoms with Gasteiger partial charge in [-0.3, -0.25) is 0 Å². The van der Waals surface area contributed by atoms with Crippen LogP contribution in [0.4, 0.5) is 4.39 Å². The van der Waals surface area contributed by atoms with Gasteiger partial charge < -0.3 is 14.2 Å². The van der Waals surface area contributed by atoms with Gasteiger partial charge in [-0.05, 0) is 37.5 Å². The lowest BCUT2D eigenvalue weighted by molar-refractivity contribution is -0.0394. The third-order valence-electron chi connectivity index (χ3n) is 3.64. The molecule has 0 bridgehead atoms. The molecule has 1 unspecified atom stereocenters. The summed E-state index contributed by atoms with van der Waals surface area (Å²) in [6, 6.07) is 4.61. The van der Waals surface area contributed by atoms with E-state index in [2.05, 4.69) is 5.10 Å². The molecule has 0 spiro atoms. The zero-order valence-corrected chi connectivity index (χ0v) is 12.5. The number of rotatable bonds is 5. The Morgan fingerprint density at radius 1 is 1.41 bits per heavy atom. The minimum absolute atomic E-state index is 0.0570. The molecule has 2 heterocycles. The van der Waals surface area contributed by atoms with E-state index in [1.165, 1.54) is 6.07 Å². The van der Waals surface area contributed by atoms with E-state index in [1.54, 1.807) is 30.1 Å². The molecule has 1 saturated heterocycles. The number of hydrogen-bond donors (Lipinski definition) is 0. The molecule has 22 heavy (non-hydrogen) atoms. The van der Waals surface area contributed by atoms with Crippen LogP contribution in [0.3, 0.4) is 0 Å². The first-order chi connectivity index (χ1) is 10.8. The van der Waals surface area contributed by atoms with Crippen LogP contribution in [-0.2, 0) is 9.47 Å². The molecule has 3 rings (SSSR count). The topological polar surface area (TPSA) is 45.5 Å². The second-order valence-corrected chi connectivity index (χ2v) is 5.22. The van der Waals surface area contributed by atoms with Crippen LogP contribution in [0, 0.1) is 5.82 Å². The van der Waals surface area contributed by atoms with Gasteiger partial charge in [0.1, 0.15) is 17.8 Å². The lowest BCUT2D eigenvalue weighted by Crippen LogP contribution is -2.18. The first kappa shape index (κ1) is 15.0. The Balaban J connectivity index is 1.82. The summed E-state index contributed by atoms with van der Waals surface area (Å²) in [6.07, 6.45) is 6.54. The normalized spacial score (nSPS) is 18.4. The molecule has 1 aromatic carbocycles. The highest BCUT2D eigenvalue weighted by atomic mass is 19.1. The molecule has 0 radical (unpaired) electrons. The zero-order chi connectivity index (χ0) is 15.4. The average molecular weight is 306 g/mol. The van der Waals surface area contributed by atoms with E-state index in [0.29, 0.717) is 16.9 Å². The van der Waals surface area contributed by atoms with E-state index in [0.717, 1.165) is 25.9 Å². The van der Waals surface area contributed by atoms with Gasteiger partial charge >= 0.3 is 0 Å². The highest BCUT2D eigenvalue weighted by molar-refractivity contribution is 5.64. The minimum atomic E-state index is -0.311. The molecule has 5 nitrogen and oxygen atoms in total. The molecule has 0 amide bonds. The summed E-state index contributed by atoms with van der Waals surface area (Å²) >= 11 is 0. The van der Waals surface area contributed by atoms with E-state index in [1.807, 2.05) is 6.20 Å². The number of hydrogen-bond acceptors (Lipinski definition) is 4. The van der Waals surface area contributed by atoms with Gasteiger partial charge in [0.25, 0.3) is 0 Å². The average Bonchev–Trinajstić information content (AvgIpc) is 3.05. The summed E-state index contributed by atoms with van der Waals surface area (Å²) in [5.41, 5.74) is 1.16. The summed E-state index contributed by atoms with van der Waals surface area (Å²) < 4.78 is 31.7. The van der Waals surface area contributed by atoms with Crippen LogP contribution in [0.2, 0.25) is 0 Å². The molecule has 1 aromatic heterocycles. The van der Waals surface area contributed by atoms with Crippen LogP contribution in [0.1, 0.15) is 25.5 Å². The molecule has 0 saturated carbocycles. The van der Waals surface area contributed by atoms with Gasteiger partial charge in [0, 0.05) is 31.0 Å². The standard InChI is InChI=1S/C16H19FN2O3/c1-20-11-22-13-5-6-15(17)14(8-13)12-9-18-19(10-12)16-4-2-3-7-21-16/h5-6,8-10,16H,2-4,7,11H2,1H3. The van der Waals surface area contributed by atoms with E-state index in [9.17, 15) is 4.39 Å². The molecule has 2 aromatic rings. The second kappa shape index (κ2) is 6.89. The maximum atomic E-state index is 14.1. The Hall–Kier alpha value is -1.92. The monoisotopic (exact) mass is 306 g/mol. The Labute approximate surface area is 128 Å². The van der Waals surface area contributed by atoms with Crippen LogP contribution in [0.25, 0.3) is 11.1 Å². The van der Waals surface area contributed by atoms with Crippen molar-refractivity contribution in [1.29, 1.82) is 0 Å². The largest absolute Gasteiger partial charge is 0.468 e. The molecule has 1 fully saturated rings. The van der Waals surface area contributed by atoms with Crippen molar-refractivity contribution < 1.29 is 18.6 Å². The number of aromatic nitrogens is 2. The van der Waals surface area contributed by atoms with Gasteiger partial charge in [-0.2, -0.15) is 5.10 Å². The van der Waals surface area contributed by atoms with Gasteiger partial charge in [-0.1, -0.05) is 0 Å². The van der Waals surface area contributed by atoms with Crippen molar-refractivity contribution in [1.82, 2.24) is 9.78 Å². The van der Waals surface area contributed by atoms with Crippen molar-refractivity contribution in [2.75, 3.05) is 20.5 Å². The number of ether oxygens (including phenoxy) is 3. The first-order valence-electron chi connectivity index (χ1n) is 7.35. The molecule has 1 aliphatic rings. The van der Waals surface area contributed by atoms with Crippen molar-refractivity contribution in [2.24, 2.45) is 0 Å². The minimum Gasteiger partial charge on any atom is -0.468 e. The highest BCUT2D eigenvalue weighted by Crippen LogP contribution is 2.29. The summed E-state index contributed by atoms with van der Waals surface area (Å²) in [4.78, 5) is 0. The predicted octanol–water partition coefficient (Wildman–Crippen LogP) is 3.37. The maximum Gasteiger partial charge on any atom is 0.188 e. The van der Waals surface area contributed by atoms with Gasteiger partial charge in [-0.25, -0.2) is 9.07 Å². The Morgan fingerprint density at radius 2 is 2.32 bits per heavy atom. The Kier molecular flexibility index (Phi) is 4.70. The quantitative estimate of drug-likeness (QED) is 0.795. The SMILES string of the molecule is COCOc1ccc(F)c(-c2cnn(C3CCCCO3)c2)c1. The van der Waals surface area contributed by atoms with Gasteiger partial charge in [-0.15, -0.1) is 0 Å². The summed E-state index contributed by atoms with van der Waals surface area (Å²) in [7, 11) is 1.54. The first-order valence-corrected chi connectivity index (χ1v) is 7.35. The van der Waals surface area contributed by atoms with E-state index >= 15 is 0 Å². The molecular formula is C16H19FN2O3. The zero-order valence-electron chi connectivity index (χ0n) is 12.5. The maximum absolute atomic E-state index is 14.1. The van der Waals surface area contributed by atoms with Crippen LogP contribution >= 0.6 is 0 Å². The fourth-order valence-electron chi connectivity index (χ4n) is 2.51. The van der Waals surface area contributed by atoms with E-state index in [4.69, 9.17) is 14.2 Å². The van der Waals surface area contributed by atoms with Gasteiger partial charge in [0.15, 0.2) is 6.79 Å². The van der Waals surface area contributed by atoms with Crippen LogP contribution < -0.4 is 4.74 Å². The Bertz CT molecular complexity index is 624. The smallest absolute Gasteiger partial charge is 0.188 e. The van der Waals surface area contributed by atoms with Crippen molar-refractivity contribution >= 4 is 0 Å². The predicted molar refractivity (Wildman–Crippen MR) is 79.0 cm³/mol.